The SMILES string of the molecule is COc1cccc([C@H]2C[C@@H](O)CN2)c1. The van der Waals surface area contributed by atoms with Crippen molar-refractivity contribution in [1.29, 1.82) is 0 Å². The van der Waals surface area contributed by atoms with E-state index in [1.54, 1.807) is 7.11 Å². The molecule has 76 valence electrons. The third-order valence-corrected chi connectivity index (χ3v) is 2.60. The lowest BCUT2D eigenvalue weighted by molar-refractivity contribution is 0.193. The Morgan fingerprint density at radius 3 is 3.00 bits per heavy atom. The lowest BCUT2D eigenvalue weighted by atomic mass is 10.0. The fraction of sp³-hybridized carbons (Fsp3) is 0.455. The molecule has 1 aromatic rings. The zero-order valence-electron chi connectivity index (χ0n) is 8.23. The Balaban J connectivity index is 2.15. The predicted molar refractivity (Wildman–Crippen MR) is 54.4 cm³/mol. The third kappa shape index (κ3) is 1.89. The van der Waals surface area contributed by atoms with Gasteiger partial charge in [0.1, 0.15) is 5.75 Å². The molecule has 2 N–H and O–H groups in total. The van der Waals surface area contributed by atoms with Crippen molar-refractivity contribution >= 4 is 0 Å². The number of rotatable bonds is 2. The molecule has 0 radical (unpaired) electrons. The zero-order valence-corrected chi connectivity index (χ0v) is 8.23. The molecule has 2 atom stereocenters. The number of hydrogen-bond acceptors (Lipinski definition) is 3. The molecule has 0 aliphatic carbocycles. The lowest BCUT2D eigenvalue weighted by Crippen LogP contribution is -2.14. The number of benzene rings is 1. The predicted octanol–water partition coefficient (Wildman–Crippen LogP) is 1.09. The second-order valence-electron chi connectivity index (χ2n) is 3.63. The van der Waals surface area contributed by atoms with Gasteiger partial charge in [0, 0.05) is 12.6 Å². The molecule has 0 saturated carbocycles. The average molecular weight is 193 g/mol. The lowest BCUT2D eigenvalue weighted by Gasteiger charge is -2.11. The highest BCUT2D eigenvalue weighted by Crippen LogP contribution is 2.25. The van der Waals surface area contributed by atoms with Crippen LogP contribution >= 0.6 is 0 Å². The molecule has 1 heterocycles. The van der Waals surface area contributed by atoms with Gasteiger partial charge in [-0.1, -0.05) is 12.1 Å². The van der Waals surface area contributed by atoms with Crippen molar-refractivity contribution in [3.05, 3.63) is 29.8 Å². The van der Waals surface area contributed by atoms with Crippen molar-refractivity contribution in [3.8, 4) is 5.75 Å². The first kappa shape index (κ1) is 9.49. The minimum absolute atomic E-state index is 0.216. The molecule has 0 bridgehead atoms. The Kier molecular flexibility index (Phi) is 2.70. The molecule has 3 heteroatoms. The van der Waals surface area contributed by atoms with Crippen LogP contribution in [0.15, 0.2) is 24.3 Å². The van der Waals surface area contributed by atoms with Gasteiger partial charge in [0.15, 0.2) is 0 Å². The van der Waals surface area contributed by atoms with Crippen molar-refractivity contribution in [2.75, 3.05) is 13.7 Å². The highest BCUT2D eigenvalue weighted by molar-refractivity contribution is 5.31. The van der Waals surface area contributed by atoms with Gasteiger partial charge in [0.2, 0.25) is 0 Å². The van der Waals surface area contributed by atoms with E-state index in [1.807, 2.05) is 18.2 Å². The van der Waals surface area contributed by atoms with Crippen LogP contribution in [-0.2, 0) is 0 Å². The molecule has 1 aliphatic rings. The topological polar surface area (TPSA) is 41.5 Å². The number of aliphatic hydroxyl groups is 1. The molecule has 0 amide bonds. The van der Waals surface area contributed by atoms with E-state index in [4.69, 9.17) is 4.74 Å². The first-order valence-corrected chi connectivity index (χ1v) is 4.85. The Labute approximate surface area is 83.7 Å². The Morgan fingerprint density at radius 2 is 2.36 bits per heavy atom. The largest absolute Gasteiger partial charge is 0.497 e. The van der Waals surface area contributed by atoms with Crippen molar-refractivity contribution < 1.29 is 9.84 Å². The summed E-state index contributed by atoms with van der Waals surface area (Å²) >= 11 is 0. The van der Waals surface area contributed by atoms with E-state index < -0.39 is 0 Å². The van der Waals surface area contributed by atoms with Gasteiger partial charge in [0.05, 0.1) is 13.2 Å². The summed E-state index contributed by atoms with van der Waals surface area (Å²) in [7, 11) is 1.66. The Bertz CT molecular complexity index is 314. The van der Waals surface area contributed by atoms with Crippen molar-refractivity contribution in [1.82, 2.24) is 5.32 Å². The van der Waals surface area contributed by atoms with E-state index >= 15 is 0 Å². The number of hydrogen-bond donors (Lipinski definition) is 2. The number of nitrogens with one attached hydrogen (secondary N) is 1. The smallest absolute Gasteiger partial charge is 0.119 e. The van der Waals surface area contributed by atoms with E-state index in [9.17, 15) is 5.11 Å². The Hall–Kier alpha value is -1.06. The van der Waals surface area contributed by atoms with E-state index in [1.165, 1.54) is 5.56 Å². The third-order valence-electron chi connectivity index (χ3n) is 2.60. The van der Waals surface area contributed by atoms with Gasteiger partial charge in [-0.2, -0.15) is 0 Å². The van der Waals surface area contributed by atoms with Gasteiger partial charge in [-0.25, -0.2) is 0 Å². The summed E-state index contributed by atoms with van der Waals surface area (Å²) < 4.78 is 5.15. The van der Waals surface area contributed by atoms with E-state index in [0.717, 1.165) is 12.2 Å². The van der Waals surface area contributed by atoms with Crippen LogP contribution in [0.1, 0.15) is 18.0 Å². The first-order chi connectivity index (χ1) is 6.79. The molecule has 1 aromatic carbocycles. The van der Waals surface area contributed by atoms with Crippen molar-refractivity contribution in [2.45, 2.75) is 18.6 Å². The molecule has 14 heavy (non-hydrogen) atoms. The van der Waals surface area contributed by atoms with E-state index in [0.29, 0.717) is 6.54 Å². The van der Waals surface area contributed by atoms with Crippen LogP contribution in [0.5, 0.6) is 5.75 Å². The van der Waals surface area contributed by atoms with Crippen molar-refractivity contribution in [3.63, 3.8) is 0 Å². The maximum atomic E-state index is 9.39. The molecule has 1 saturated heterocycles. The van der Waals surface area contributed by atoms with Crippen LogP contribution in [0.2, 0.25) is 0 Å². The van der Waals surface area contributed by atoms with Crippen LogP contribution in [-0.4, -0.2) is 24.9 Å². The fourth-order valence-corrected chi connectivity index (χ4v) is 1.83. The highest BCUT2D eigenvalue weighted by Gasteiger charge is 2.23. The maximum absolute atomic E-state index is 9.39. The second kappa shape index (κ2) is 3.98. The van der Waals surface area contributed by atoms with Crippen LogP contribution in [0.25, 0.3) is 0 Å². The summed E-state index contributed by atoms with van der Waals surface area (Å²) in [6, 6.07) is 8.23. The molecule has 1 aliphatic heterocycles. The summed E-state index contributed by atoms with van der Waals surface area (Å²) in [6.07, 6.45) is 0.568. The summed E-state index contributed by atoms with van der Waals surface area (Å²) in [5.74, 6) is 0.866. The van der Waals surface area contributed by atoms with Gasteiger partial charge in [-0.3, -0.25) is 0 Å². The summed E-state index contributed by atoms with van der Waals surface area (Å²) in [6.45, 7) is 0.682. The van der Waals surface area contributed by atoms with Gasteiger partial charge >= 0.3 is 0 Å². The number of methoxy groups -OCH3 is 1. The number of ether oxygens (including phenoxy) is 1. The standard InChI is InChI=1S/C11H15NO2/c1-14-10-4-2-3-8(5-10)11-6-9(13)7-12-11/h2-5,9,11-13H,6-7H2,1H3/t9-,11-/m1/s1. The van der Waals surface area contributed by atoms with Crippen LogP contribution < -0.4 is 10.1 Å². The highest BCUT2D eigenvalue weighted by atomic mass is 16.5. The monoisotopic (exact) mass is 193 g/mol. The zero-order chi connectivity index (χ0) is 9.97. The molecule has 3 nitrogen and oxygen atoms in total. The second-order valence-corrected chi connectivity index (χ2v) is 3.63. The summed E-state index contributed by atoms with van der Waals surface area (Å²) in [5, 5.41) is 12.7. The minimum atomic E-state index is -0.216. The first-order valence-electron chi connectivity index (χ1n) is 4.85. The molecule has 0 spiro atoms. The van der Waals surface area contributed by atoms with Crippen LogP contribution in [0.4, 0.5) is 0 Å². The fourth-order valence-electron chi connectivity index (χ4n) is 1.83. The molecular formula is C11H15NO2. The molecule has 2 rings (SSSR count). The van der Waals surface area contributed by atoms with Gasteiger partial charge in [0.25, 0.3) is 0 Å². The van der Waals surface area contributed by atoms with Crippen molar-refractivity contribution in [2.24, 2.45) is 0 Å². The molecular weight excluding hydrogens is 178 g/mol. The molecule has 0 unspecified atom stereocenters. The number of β-amino-alcohol motifs (C(OH)–C–C–N with tert-alkyl or cyclic N) is 1. The van der Waals surface area contributed by atoms with E-state index in [-0.39, 0.29) is 12.1 Å². The normalized spacial score (nSPS) is 26.4. The van der Waals surface area contributed by atoms with Gasteiger partial charge < -0.3 is 15.2 Å². The van der Waals surface area contributed by atoms with E-state index in [2.05, 4.69) is 11.4 Å². The van der Waals surface area contributed by atoms with Gasteiger partial charge in [-0.15, -0.1) is 0 Å². The van der Waals surface area contributed by atoms with Gasteiger partial charge in [-0.05, 0) is 24.1 Å². The number of aliphatic hydroxyl groups excluding tert-OH is 1. The summed E-state index contributed by atoms with van der Waals surface area (Å²) in [4.78, 5) is 0. The van der Waals surface area contributed by atoms with Crippen LogP contribution in [0, 0.1) is 0 Å². The van der Waals surface area contributed by atoms with Crippen LogP contribution in [0.3, 0.4) is 0 Å². The Morgan fingerprint density at radius 1 is 1.50 bits per heavy atom. The summed E-state index contributed by atoms with van der Waals surface area (Å²) in [5.41, 5.74) is 1.18. The molecule has 1 fully saturated rings. The quantitative estimate of drug-likeness (QED) is 0.738. The molecule has 0 aromatic heterocycles. The maximum Gasteiger partial charge on any atom is 0.119 e. The minimum Gasteiger partial charge on any atom is -0.497 e. The average Bonchev–Trinajstić information content (AvgIpc) is 2.65.